The van der Waals surface area contributed by atoms with Crippen LogP contribution in [0, 0.1) is 23.7 Å². The molecular weight excluding hydrogens is 304 g/mol. The lowest BCUT2D eigenvalue weighted by Gasteiger charge is -2.44. The van der Waals surface area contributed by atoms with Gasteiger partial charge in [-0.15, -0.1) is 0 Å². The Morgan fingerprint density at radius 3 is 2.58 bits per heavy atom. The van der Waals surface area contributed by atoms with Crippen LogP contribution in [0.2, 0.25) is 0 Å². The van der Waals surface area contributed by atoms with E-state index in [1.165, 1.54) is 5.57 Å². The Hall–Kier alpha value is -0.680. The van der Waals surface area contributed by atoms with Crippen LogP contribution in [-0.4, -0.2) is 34.3 Å². The summed E-state index contributed by atoms with van der Waals surface area (Å²) in [5.41, 5.74) is 1.15. The predicted molar refractivity (Wildman–Crippen MR) is 93.5 cm³/mol. The fourth-order valence-electron chi connectivity index (χ4n) is 5.34. The van der Waals surface area contributed by atoms with Crippen LogP contribution in [0.1, 0.15) is 52.9 Å². The summed E-state index contributed by atoms with van der Waals surface area (Å²) in [5, 5.41) is 20.4. The number of aliphatic hydroxyl groups is 1. The minimum atomic E-state index is -0.941. The third kappa shape index (κ3) is 2.98. The second-order valence-corrected chi connectivity index (χ2v) is 8.66. The lowest BCUT2D eigenvalue weighted by atomic mass is 9.61. The number of fused-ring (bicyclic) bond motifs is 5. The van der Waals surface area contributed by atoms with Crippen molar-refractivity contribution in [1.29, 1.82) is 0 Å². The monoisotopic (exact) mass is 336 g/mol. The molecule has 3 rings (SSSR count). The van der Waals surface area contributed by atoms with E-state index in [4.69, 9.17) is 4.74 Å². The number of rotatable bonds is 2. The summed E-state index contributed by atoms with van der Waals surface area (Å²) >= 11 is 0. The molecule has 4 nitrogen and oxygen atoms in total. The molecule has 136 valence electrons. The maximum Gasteiger partial charge on any atom is 0.114 e. The highest BCUT2D eigenvalue weighted by atomic mass is 17.1. The van der Waals surface area contributed by atoms with Crippen LogP contribution in [0.5, 0.6) is 0 Å². The Bertz CT molecular complexity index is 510. The van der Waals surface area contributed by atoms with Crippen molar-refractivity contribution >= 4 is 0 Å². The molecule has 0 aromatic rings. The first-order chi connectivity index (χ1) is 11.3. The van der Waals surface area contributed by atoms with Crippen LogP contribution < -0.4 is 0 Å². The van der Waals surface area contributed by atoms with E-state index in [0.29, 0.717) is 37.0 Å². The van der Waals surface area contributed by atoms with Gasteiger partial charge in [0.1, 0.15) is 6.10 Å². The number of hydrogen-bond donors (Lipinski definition) is 2. The molecule has 2 N–H and O–H groups in total. The van der Waals surface area contributed by atoms with E-state index in [2.05, 4.69) is 31.9 Å². The molecule has 4 heteroatoms. The summed E-state index contributed by atoms with van der Waals surface area (Å²) < 4.78 is 6.45. The quantitative estimate of drug-likeness (QED) is 0.455. The van der Waals surface area contributed by atoms with Crippen LogP contribution in [-0.2, 0) is 9.62 Å². The van der Waals surface area contributed by atoms with Gasteiger partial charge in [0.25, 0.3) is 0 Å². The Balaban J connectivity index is 1.99. The third-order valence-electron chi connectivity index (χ3n) is 6.68. The third-order valence-corrected chi connectivity index (χ3v) is 6.68. The number of hydrogen-bond acceptors (Lipinski definition) is 4. The average molecular weight is 336 g/mol. The van der Waals surface area contributed by atoms with Gasteiger partial charge in [-0.2, -0.15) is 0 Å². The van der Waals surface area contributed by atoms with E-state index in [9.17, 15) is 10.4 Å². The molecule has 7 unspecified atom stereocenters. The molecule has 2 saturated heterocycles. The van der Waals surface area contributed by atoms with Gasteiger partial charge in [-0.25, -0.2) is 4.89 Å². The van der Waals surface area contributed by atoms with E-state index in [1.54, 1.807) is 0 Å². The first-order valence-corrected chi connectivity index (χ1v) is 9.29. The molecular formula is C20H32O4. The highest BCUT2D eigenvalue weighted by molar-refractivity contribution is 5.20. The zero-order chi connectivity index (χ0) is 17.6. The Labute approximate surface area is 145 Å². The van der Waals surface area contributed by atoms with E-state index >= 15 is 0 Å². The molecule has 1 saturated carbocycles. The van der Waals surface area contributed by atoms with Crippen LogP contribution in [0.25, 0.3) is 0 Å². The summed E-state index contributed by atoms with van der Waals surface area (Å²) in [6, 6.07) is 0. The molecule has 2 bridgehead atoms. The number of ether oxygens (including phenoxy) is 1. The van der Waals surface area contributed by atoms with E-state index in [-0.39, 0.29) is 18.1 Å². The maximum atomic E-state index is 11.2. The smallest absolute Gasteiger partial charge is 0.114 e. The van der Waals surface area contributed by atoms with Crippen LogP contribution in [0.15, 0.2) is 24.3 Å². The van der Waals surface area contributed by atoms with Gasteiger partial charge in [0.05, 0.1) is 17.8 Å². The summed E-state index contributed by atoms with van der Waals surface area (Å²) in [5.74, 6) is 1.67. The molecule has 3 aliphatic rings. The molecule has 2 aliphatic heterocycles. The van der Waals surface area contributed by atoms with Gasteiger partial charge in [0.2, 0.25) is 0 Å². The van der Waals surface area contributed by atoms with Crippen molar-refractivity contribution in [3.8, 4) is 0 Å². The Morgan fingerprint density at radius 2 is 1.96 bits per heavy atom. The fraction of sp³-hybridized carbons (Fsp3) is 0.800. The van der Waals surface area contributed by atoms with Crippen molar-refractivity contribution in [3.63, 3.8) is 0 Å². The van der Waals surface area contributed by atoms with Crippen molar-refractivity contribution in [2.75, 3.05) is 0 Å². The first-order valence-electron chi connectivity index (χ1n) is 9.29. The zero-order valence-electron chi connectivity index (χ0n) is 15.2. The molecule has 24 heavy (non-hydrogen) atoms. The molecule has 0 aromatic heterocycles. The van der Waals surface area contributed by atoms with Gasteiger partial charge < -0.3 is 9.84 Å². The highest BCUT2D eigenvalue weighted by Gasteiger charge is 2.57. The van der Waals surface area contributed by atoms with E-state index < -0.39 is 11.7 Å². The zero-order valence-corrected chi connectivity index (χ0v) is 15.2. The molecule has 0 aromatic carbocycles. The summed E-state index contributed by atoms with van der Waals surface area (Å²) in [6.45, 7) is 14.9. The molecule has 1 aliphatic carbocycles. The van der Waals surface area contributed by atoms with Crippen LogP contribution >= 0.6 is 0 Å². The fourth-order valence-corrected chi connectivity index (χ4v) is 5.34. The minimum Gasteiger partial charge on any atom is -0.387 e. The Morgan fingerprint density at radius 1 is 1.25 bits per heavy atom. The average Bonchev–Trinajstić information content (AvgIpc) is 2.89. The molecule has 0 amide bonds. The van der Waals surface area contributed by atoms with Crippen LogP contribution in [0.4, 0.5) is 0 Å². The second-order valence-electron chi connectivity index (χ2n) is 8.66. The summed E-state index contributed by atoms with van der Waals surface area (Å²) in [7, 11) is 0. The maximum absolute atomic E-state index is 11.2. The minimum absolute atomic E-state index is 0.0243. The van der Waals surface area contributed by atoms with Crippen molar-refractivity contribution in [1.82, 2.24) is 0 Å². The molecule has 2 heterocycles. The Kier molecular flexibility index (Phi) is 4.95. The lowest BCUT2D eigenvalue weighted by Crippen LogP contribution is -2.48. The van der Waals surface area contributed by atoms with E-state index in [1.807, 2.05) is 6.92 Å². The molecule has 7 atom stereocenters. The second kappa shape index (κ2) is 6.56. The van der Waals surface area contributed by atoms with Crippen molar-refractivity contribution < 1.29 is 20.0 Å². The molecule has 3 fully saturated rings. The first kappa shape index (κ1) is 18.1. The largest absolute Gasteiger partial charge is 0.387 e. The van der Waals surface area contributed by atoms with Gasteiger partial charge in [0.15, 0.2) is 0 Å². The van der Waals surface area contributed by atoms with Gasteiger partial charge in [-0.1, -0.05) is 32.6 Å². The van der Waals surface area contributed by atoms with Gasteiger partial charge in [-0.3, -0.25) is 5.26 Å². The predicted octanol–water partition coefficient (Wildman–Crippen LogP) is 3.96. The van der Waals surface area contributed by atoms with Gasteiger partial charge in [0, 0.05) is 5.92 Å². The summed E-state index contributed by atoms with van der Waals surface area (Å²) in [4.78, 5) is 4.63. The van der Waals surface area contributed by atoms with Crippen molar-refractivity contribution in [2.24, 2.45) is 23.7 Å². The van der Waals surface area contributed by atoms with E-state index in [0.717, 1.165) is 18.4 Å². The van der Waals surface area contributed by atoms with Crippen molar-refractivity contribution in [3.05, 3.63) is 24.3 Å². The molecule has 0 radical (unpaired) electrons. The van der Waals surface area contributed by atoms with Crippen molar-refractivity contribution in [2.45, 2.75) is 76.8 Å². The normalized spacial score (nSPS) is 46.4. The highest BCUT2D eigenvalue weighted by Crippen LogP contribution is 2.54. The lowest BCUT2D eigenvalue weighted by molar-refractivity contribution is -0.271. The summed E-state index contributed by atoms with van der Waals surface area (Å²) in [6.07, 6.45) is 3.24. The topological polar surface area (TPSA) is 58.9 Å². The standard InChI is InChI=1S/C20H32O4/c1-11(2)14-7-6-12(3)17-16-10-13(4)15(24-22)8-9-20(5,21)19(23-16)18(14)17/h11,14-19,21-22H,3-4,6-10H2,1-2,5H3. The molecule has 0 spiro atoms. The SMILES string of the molecule is C=C1CC2OC(C3C(C(C)C)CCC(=C)C23)C(C)(O)CCC1OO. The van der Waals surface area contributed by atoms with Gasteiger partial charge >= 0.3 is 0 Å². The van der Waals surface area contributed by atoms with Gasteiger partial charge in [-0.05, 0) is 62.4 Å². The van der Waals surface area contributed by atoms with Crippen LogP contribution in [0.3, 0.4) is 0 Å².